The molecule has 186 valence electrons. The third-order valence-electron chi connectivity index (χ3n) is 5.56. The average Bonchev–Trinajstić information content (AvgIpc) is 3.21. The number of benzene rings is 2. The van der Waals surface area contributed by atoms with Crippen LogP contribution in [-0.4, -0.2) is 33.7 Å². The van der Waals surface area contributed by atoms with Crippen LogP contribution in [0.15, 0.2) is 60.8 Å². The molecule has 1 aromatic heterocycles. The first-order valence-electron chi connectivity index (χ1n) is 12.0. The standard InChI is InChI=1S/C28H36N4O3/c1-7-35-24-14-10-22(11-15-24)26(27(34)30-28(4,5)6)32(23-12-8-20(2)9-13-23)25(33)17-19-31-21(3)16-18-29-31/h8-16,18,26H,7,17,19H2,1-6H3,(H,30,34)/t26-/m0/s1. The van der Waals surface area contributed by atoms with Crippen molar-refractivity contribution in [3.05, 3.63) is 77.6 Å². The smallest absolute Gasteiger partial charge is 0.248 e. The van der Waals surface area contributed by atoms with Crippen LogP contribution in [0.25, 0.3) is 0 Å². The number of aromatic nitrogens is 2. The third-order valence-corrected chi connectivity index (χ3v) is 5.56. The minimum Gasteiger partial charge on any atom is -0.494 e. The molecular weight excluding hydrogens is 440 g/mol. The van der Waals surface area contributed by atoms with Crippen LogP contribution in [-0.2, 0) is 16.1 Å². The van der Waals surface area contributed by atoms with Crippen LogP contribution in [0.2, 0.25) is 0 Å². The maximum Gasteiger partial charge on any atom is 0.248 e. The average molecular weight is 477 g/mol. The number of hydrogen-bond acceptors (Lipinski definition) is 4. The van der Waals surface area contributed by atoms with E-state index in [1.165, 1.54) is 0 Å². The van der Waals surface area contributed by atoms with Crippen molar-refractivity contribution in [1.82, 2.24) is 15.1 Å². The molecule has 0 fully saturated rings. The number of nitrogens with one attached hydrogen (secondary N) is 1. The van der Waals surface area contributed by atoms with Gasteiger partial charge in [-0.15, -0.1) is 0 Å². The molecule has 0 aliphatic carbocycles. The zero-order valence-corrected chi connectivity index (χ0v) is 21.5. The van der Waals surface area contributed by atoms with E-state index in [2.05, 4.69) is 10.4 Å². The number of anilines is 1. The Labute approximate surface area is 208 Å². The molecule has 1 atom stereocenters. The predicted octanol–water partition coefficient (Wildman–Crippen LogP) is 4.98. The number of rotatable bonds is 9. The lowest BCUT2D eigenvalue weighted by Crippen LogP contribution is -2.49. The second-order valence-electron chi connectivity index (χ2n) is 9.69. The Morgan fingerprint density at radius 2 is 1.69 bits per heavy atom. The monoisotopic (exact) mass is 476 g/mol. The molecule has 0 aliphatic heterocycles. The lowest BCUT2D eigenvalue weighted by molar-refractivity contribution is -0.127. The number of carbonyl (C=O) groups is 2. The molecule has 0 aliphatic rings. The summed E-state index contributed by atoms with van der Waals surface area (Å²) >= 11 is 0. The van der Waals surface area contributed by atoms with E-state index in [4.69, 9.17) is 4.74 Å². The van der Waals surface area contributed by atoms with Gasteiger partial charge in [0.05, 0.1) is 6.61 Å². The lowest BCUT2D eigenvalue weighted by Gasteiger charge is -2.34. The molecule has 3 rings (SSSR count). The Kier molecular flexibility index (Phi) is 8.33. The lowest BCUT2D eigenvalue weighted by atomic mass is 10.00. The second kappa shape index (κ2) is 11.2. The molecule has 1 N–H and O–H groups in total. The van der Waals surface area contributed by atoms with Gasteiger partial charge in [-0.1, -0.05) is 29.8 Å². The summed E-state index contributed by atoms with van der Waals surface area (Å²) in [7, 11) is 0. The summed E-state index contributed by atoms with van der Waals surface area (Å²) in [5, 5.41) is 7.37. The van der Waals surface area contributed by atoms with Crippen molar-refractivity contribution in [2.24, 2.45) is 0 Å². The number of hydrogen-bond donors (Lipinski definition) is 1. The highest BCUT2D eigenvalue weighted by Crippen LogP contribution is 2.31. The molecule has 1 heterocycles. The van der Waals surface area contributed by atoms with Gasteiger partial charge in [0, 0.05) is 36.1 Å². The van der Waals surface area contributed by atoms with Crippen molar-refractivity contribution in [2.75, 3.05) is 11.5 Å². The van der Waals surface area contributed by atoms with Gasteiger partial charge in [-0.05, 0) is 77.4 Å². The largest absolute Gasteiger partial charge is 0.494 e. The van der Waals surface area contributed by atoms with E-state index in [0.29, 0.717) is 30.2 Å². The molecule has 0 bridgehead atoms. The maximum absolute atomic E-state index is 13.8. The third kappa shape index (κ3) is 6.94. The molecule has 35 heavy (non-hydrogen) atoms. The summed E-state index contributed by atoms with van der Waals surface area (Å²) in [5.41, 5.74) is 2.97. The van der Waals surface area contributed by atoms with Gasteiger partial charge in [0.25, 0.3) is 0 Å². The highest BCUT2D eigenvalue weighted by atomic mass is 16.5. The summed E-state index contributed by atoms with van der Waals surface area (Å²) in [6, 6.07) is 16.1. The van der Waals surface area contributed by atoms with E-state index in [9.17, 15) is 9.59 Å². The van der Waals surface area contributed by atoms with Crippen molar-refractivity contribution in [2.45, 2.75) is 66.1 Å². The Bertz CT molecular complexity index is 1130. The Balaban J connectivity index is 2.04. The Morgan fingerprint density at radius 1 is 1.03 bits per heavy atom. The van der Waals surface area contributed by atoms with Gasteiger partial charge in [-0.3, -0.25) is 19.2 Å². The molecule has 3 aromatic rings. The fourth-order valence-electron chi connectivity index (χ4n) is 3.87. The van der Waals surface area contributed by atoms with E-state index in [1.54, 1.807) is 15.8 Å². The minimum absolute atomic E-state index is 0.160. The van der Waals surface area contributed by atoms with E-state index >= 15 is 0 Å². The molecule has 0 saturated heterocycles. The normalized spacial score (nSPS) is 12.2. The van der Waals surface area contributed by atoms with Gasteiger partial charge < -0.3 is 10.1 Å². The van der Waals surface area contributed by atoms with Crippen molar-refractivity contribution in [1.29, 1.82) is 0 Å². The van der Waals surface area contributed by atoms with Gasteiger partial charge in [0.15, 0.2) is 0 Å². The first-order valence-corrected chi connectivity index (χ1v) is 12.0. The molecule has 7 heteroatoms. The summed E-state index contributed by atoms with van der Waals surface area (Å²) in [4.78, 5) is 29.1. The highest BCUT2D eigenvalue weighted by molar-refractivity contribution is 6.01. The minimum atomic E-state index is -0.848. The second-order valence-corrected chi connectivity index (χ2v) is 9.69. The number of ether oxygens (including phenoxy) is 1. The molecule has 0 saturated carbocycles. The SMILES string of the molecule is CCOc1ccc([C@@H](C(=O)NC(C)(C)C)N(C(=O)CCn2nccc2C)c2ccc(C)cc2)cc1. The number of amides is 2. The van der Waals surface area contributed by atoms with Gasteiger partial charge in [-0.2, -0.15) is 5.10 Å². The summed E-state index contributed by atoms with van der Waals surface area (Å²) < 4.78 is 7.39. The first kappa shape index (κ1) is 26.0. The zero-order chi connectivity index (χ0) is 25.6. The Morgan fingerprint density at radius 3 is 2.23 bits per heavy atom. The van der Waals surface area contributed by atoms with E-state index in [-0.39, 0.29) is 18.2 Å². The van der Waals surface area contributed by atoms with E-state index < -0.39 is 11.6 Å². The van der Waals surface area contributed by atoms with Crippen LogP contribution in [0.4, 0.5) is 5.69 Å². The van der Waals surface area contributed by atoms with Crippen LogP contribution in [0, 0.1) is 13.8 Å². The van der Waals surface area contributed by atoms with Crippen molar-refractivity contribution < 1.29 is 14.3 Å². The zero-order valence-electron chi connectivity index (χ0n) is 21.5. The van der Waals surface area contributed by atoms with Gasteiger partial charge >= 0.3 is 0 Å². The fourth-order valence-corrected chi connectivity index (χ4v) is 3.87. The van der Waals surface area contributed by atoms with Crippen LogP contribution < -0.4 is 15.0 Å². The predicted molar refractivity (Wildman–Crippen MR) is 138 cm³/mol. The fraction of sp³-hybridized carbons (Fsp3) is 0.393. The van der Waals surface area contributed by atoms with Crippen LogP contribution in [0.5, 0.6) is 5.75 Å². The van der Waals surface area contributed by atoms with Gasteiger partial charge in [0.1, 0.15) is 11.8 Å². The Hall–Kier alpha value is -3.61. The maximum atomic E-state index is 13.8. The highest BCUT2D eigenvalue weighted by Gasteiger charge is 2.34. The number of nitrogens with zero attached hydrogens (tertiary/aromatic N) is 3. The van der Waals surface area contributed by atoms with Crippen molar-refractivity contribution in [3.8, 4) is 5.75 Å². The van der Waals surface area contributed by atoms with Crippen molar-refractivity contribution >= 4 is 17.5 Å². The molecule has 7 nitrogen and oxygen atoms in total. The molecule has 2 amide bonds. The molecular formula is C28H36N4O3. The van der Waals surface area contributed by atoms with Crippen LogP contribution in [0.1, 0.15) is 57.0 Å². The molecule has 0 radical (unpaired) electrons. The number of carbonyl (C=O) groups excluding carboxylic acids is 2. The first-order chi connectivity index (χ1) is 16.6. The molecule has 2 aromatic carbocycles. The summed E-state index contributed by atoms with van der Waals surface area (Å²) in [5.74, 6) is 0.311. The van der Waals surface area contributed by atoms with Crippen molar-refractivity contribution in [3.63, 3.8) is 0 Å². The van der Waals surface area contributed by atoms with Gasteiger partial charge in [-0.25, -0.2) is 0 Å². The van der Waals surface area contributed by atoms with E-state index in [0.717, 1.165) is 11.3 Å². The van der Waals surface area contributed by atoms with Crippen LogP contribution >= 0.6 is 0 Å². The molecule has 0 unspecified atom stereocenters. The number of aryl methyl sites for hydroxylation is 3. The quantitative estimate of drug-likeness (QED) is 0.473. The van der Waals surface area contributed by atoms with E-state index in [1.807, 2.05) is 96.1 Å². The molecule has 0 spiro atoms. The summed E-state index contributed by atoms with van der Waals surface area (Å²) in [6.45, 7) is 12.6. The van der Waals surface area contributed by atoms with Crippen LogP contribution in [0.3, 0.4) is 0 Å². The summed E-state index contributed by atoms with van der Waals surface area (Å²) in [6.07, 6.45) is 1.92. The van der Waals surface area contributed by atoms with Gasteiger partial charge in [0.2, 0.25) is 11.8 Å². The topological polar surface area (TPSA) is 76.5 Å².